The van der Waals surface area contributed by atoms with E-state index in [0.29, 0.717) is 19.1 Å². The van der Waals surface area contributed by atoms with Crippen molar-refractivity contribution in [2.24, 2.45) is 0 Å². The van der Waals surface area contributed by atoms with Crippen LogP contribution in [-0.4, -0.2) is 23.9 Å². The Hall–Kier alpha value is -1.58. The Labute approximate surface area is 126 Å². The molecule has 0 saturated heterocycles. The Bertz CT molecular complexity index is 578. The summed E-state index contributed by atoms with van der Waals surface area (Å²) in [6.45, 7) is 7.37. The van der Waals surface area contributed by atoms with Crippen molar-refractivity contribution in [1.29, 1.82) is 0 Å². The quantitative estimate of drug-likeness (QED) is 0.819. The molecule has 2 rings (SSSR count). The summed E-state index contributed by atoms with van der Waals surface area (Å²) in [4.78, 5) is 0. The monoisotopic (exact) mass is 287 g/mol. The highest BCUT2D eigenvalue weighted by Crippen LogP contribution is 2.28. The minimum absolute atomic E-state index is 0.331. The largest absolute Gasteiger partial charge is 0.493 e. The van der Waals surface area contributed by atoms with Gasteiger partial charge in [0.05, 0.1) is 12.7 Å². The Morgan fingerprint density at radius 2 is 1.86 bits per heavy atom. The van der Waals surface area contributed by atoms with E-state index in [9.17, 15) is 5.11 Å². The molecule has 0 amide bonds. The summed E-state index contributed by atoms with van der Waals surface area (Å²) in [5.41, 5.74) is 1.19. The van der Waals surface area contributed by atoms with Crippen molar-refractivity contribution in [3.05, 3.63) is 42.0 Å². The summed E-state index contributed by atoms with van der Waals surface area (Å²) in [6, 6.07) is 12.9. The Balaban J connectivity index is 2.27. The van der Waals surface area contributed by atoms with Gasteiger partial charge in [-0.25, -0.2) is 0 Å². The molecule has 0 saturated carbocycles. The first-order valence-electron chi connectivity index (χ1n) is 7.63. The van der Waals surface area contributed by atoms with Crippen molar-refractivity contribution >= 4 is 10.8 Å². The summed E-state index contributed by atoms with van der Waals surface area (Å²) < 4.78 is 5.89. The Kier molecular flexibility index (Phi) is 5.59. The normalized spacial score (nSPS) is 12.8. The molecule has 0 aromatic heterocycles. The van der Waals surface area contributed by atoms with Crippen molar-refractivity contribution in [2.75, 3.05) is 6.61 Å². The van der Waals surface area contributed by atoms with Crippen LogP contribution < -0.4 is 10.1 Å². The van der Waals surface area contributed by atoms with Gasteiger partial charge in [-0.05, 0) is 23.8 Å². The lowest BCUT2D eigenvalue weighted by Crippen LogP contribution is -2.22. The van der Waals surface area contributed by atoms with Gasteiger partial charge >= 0.3 is 0 Å². The molecule has 0 spiro atoms. The number of nitrogens with one attached hydrogen (secondary N) is 1. The number of rotatable bonds is 7. The van der Waals surface area contributed by atoms with Crippen LogP contribution in [0.15, 0.2) is 36.4 Å². The molecule has 2 N–H and O–H groups in total. The van der Waals surface area contributed by atoms with Crippen LogP contribution in [0.2, 0.25) is 0 Å². The average Bonchev–Trinajstić information content (AvgIpc) is 2.45. The first-order chi connectivity index (χ1) is 10.1. The molecule has 0 fully saturated rings. The molecular formula is C18H25NO2. The predicted octanol–water partition coefficient (Wildman–Crippen LogP) is 3.49. The molecule has 1 unspecified atom stereocenters. The molecular weight excluding hydrogens is 262 g/mol. The van der Waals surface area contributed by atoms with Gasteiger partial charge < -0.3 is 15.2 Å². The minimum atomic E-state index is -0.331. The molecule has 2 aromatic rings. The zero-order chi connectivity index (χ0) is 15.2. The van der Waals surface area contributed by atoms with Crippen LogP contribution in [0.5, 0.6) is 5.75 Å². The van der Waals surface area contributed by atoms with E-state index in [1.807, 2.05) is 6.07 Å². The van der Waals surface area contributed by atoms with Crippen LogP contribution in [0.1, 0.15) is 32.8 Å². The van der Waals surface area contributed by atoms with Gasteiger partial charge in [-0.3, -0.25) is 0 Å². The fourth-order valence-corrected chi connectivity index (χ4v) is 2.28. The molecule has 0 aliphatic carbocycles. The third kappa shape index (κ3) is 4.45. The number of hydrogen-bond acceptors (Lipinski definition) is 3. The second-order valence-corrected chi connectivity index (χ2v) is 5.79. The third-order valence-corrected chi connectivity index (χ3v) is 3.48. The van der Waals surface area contributed by atoms with Gasteiger partial charge in [-0.15, -0.1) is 0 Å². The molecule has 21 heavy (non-hydrogen) atoms. The van der Waals surface area contributed by atoms with Crippen molar-refractivity contribution in [3.8, 4) is 5.75 Å². The second kappa shape index (κ2) is 7.43. The highest BCUT2D eigenvalue weighted by Gasteiger charge is 2.09. The molecule has 0 aliphatic heterocycles. The predicted molar refractivity (Wildman–Crippen MR) is 87.7 cm³/mol. The SMILES string of the molecule is CC(O)CCOc1ccc2ccccc2c1CNC(C)C. The lowest BCUT2D eigenvalue weighted by atomic mass is 10.0. The number of hydrogen-bond donors (Lipinski definition) is 2. The smallest absolute Gasteiger partial charge is 0.124 e. The molecule has 2 aromatic carbocycles. The summed E-state index contributed by atoms with van der Waals surface area (Å²) in [6.07, 6.45) is 0.312. The van der Waals surface area contributed by atoms with E-state index in [1.165, 1.54) is 16.3 Å². The topological polar surface area (TPSA) is 41.5 Å². The fourth-order valence-electron chi connectivity index (χ4n) is 2.28. The maximum atomic E-state index is 9.36. The van der Waals surface area contributed by atoms with Crippen LogP contribution in [0.4, 0.5) is 0 Å². The average molecular weight is 287 g/mol. The highest BCUT2D eigenvalue weighted by atomic mass is 16.5. The zero-order valence-electron chi connectivity index (χ0n) is 13.1. The maximum Gasteiger partial charge on any atom is 0.124 e. The van der Waals surface area contributed by atoms with Crippen LogP contribution in [0.25, 0.3) is 10.8 Å². The van der Waals surface area contributed by atoms with E-state index in [0.717, 1.165) is 12.3 Å². The van der Waals surface area contributed by atoms with Crippen molar-refractivity contribution < 1.29 is 9.84 Å². The molecule has 3 heteroatoms. The second-order valence-electron chi connectivity index (χ2n) is 5.79. The first kappa shape index (κ1) is 15.8. The van der Waals surface area contributed by atoms with E-state index in [4.69, 9.17) is 4.74 Å². The van der Waals surface area contributed by atoms with Gasteiger partial charge in [0.1, 0.15) is 5.75 Å². The van der Waals surface area contributed by atoms with Crippen LogP contribution >= 0.6 is 0 Å². The van der Waals surface area contributed by atoms with Crippen LogP contribution in [0, 0.1) is 0 Å². The molecule has 0 aliphatic rings. The maximum absolute atomic E-state index is 9.36. The molecule has 0 radical (unpaired) electrons. The van der Waals surface area contributed by atoms with Gasteiger partial charge in [0.2, 0.25) is 0 Å². The standard InChI is InChI=1S/C18H25NO2/c1-13(2)19-12-17-16-7-5-4-6-15(16)8-9-18(17)21-11-10-14(3)20/h4-9,13-14,19-20H,10-12H2,1-3H3. The summed E-state index contributed by atoms with van der Waals surface area (Å²) >= 11 is 0. The Morgan fingerprint density at radius 3 is 2.57 bits per heavy atom. The van der Waals surface area contributed by atoms with Crippen LogP contribution in [-0.2, 0) is 6.54 Å². The summed E-state index contributed by atoms with van der Waals surface area (Å²) in [5, 5.41) is 15.3. The number of fused-ring (bicyclic) bond motifs is 1. The van der Waals surface area contributed by atoms with Crippen molar-refractivity contribution in [2.45, 2.75) is 45.9 Å². The van der Waals surface area contributed by atoms with E-state index in [2.05, 4.69) is 49.5 Å². The first-order valence-corrected chi connectivity index (χ1v) is 7.63. The van der Waals surface area contributed by atoms with Gasteiger partial charge in [-0.2, -0.15) is 0 Å². The number of aliphatic hydroxyl groups is 1. The fraction of sp³-hybridized carbons (Fsp3) is 0.444. The van der Waals surface area contributed by atoms with E-state index in [-0.39, 0.29) is 6.10 Å². The molecule has 3 nitrogen and oxygen atoms in total. The summed E-state index contributed by atoms with van der Waals surface area (Å²) in [5.74, 6) is 0.905. The summed E-state index contributed by atoms with van der Waals surface area (Å²) in [7, 11) is 0. The number of benzene rings is 2. The van der Waals surface area contributed by atoms with Crippen molar-refractivity contribution in [3.63, 3.8) is 0 Å². The van der Waals surface area contributed by atoms with E-state index < -0.39 is 0 Å². The van der Waals surface area contributed by atoms with Gasteiger partial charge in [0.25, 0.3) is 0 Å². The lowest BCUT2D eigenvalue weighted by molar-refractivity contribution is 0.155. The van der Waals surface area contributed by atoms with E-state index >= 15 is 0 Å². The molecule has 114 valence electrons. The zero-order valence-corrected chi connectivity index (χ0v) is 13.1. The van der Waals surface area contributed by atoms with E-state index in [1.54, 1.807) is 6.92 Å². The van der Waals surface area contributed by atoms with Gasteiger partial charge in [0, 0.05) is 24.6 Å². The van der Waals surface area contributed by atoms with Gasteiger partial charge in [-0.1, -0.05) is 44.2 Å². The van der Waals surface area contributed by atoms with Gasteiger partial charge in [0.15, 0.2) is 0 Å². The number of aliphatic hydroxyl groups excluding tert-OH is 1. The third-order valence-electron chi connectivity index (χ3n) is 3.48. The number of ether oxygens (including phenoxy) is 1. The minimum Gasteiger partial charge on any atom is -0.493 e. The highest BCUT2D eigenvalue weighted by molar-refractivity contribution is 5.87. The van der Waals surface area contributed by atoms with Crippen molar-refractivity contribution in [1.82, 2.24) is 5.32 Å². The molecule has 0 bridgehead atoms. The van der Waals surface area contributed by atoms with Crippen LogP contribution in [0.3, 0.4) is 0 Å². The molecule has 0 heterocycles. The molecule has 1 atom stereocenters. The Morgan fingerprint density at radius 1 is 1.10 bits per heavy atom. The lowest BCUT2D eigenvalue weighted by Gasteiger charge is -2.16.